The highest BCUT2D eigenvalue weighted by Crippen LogP contribution is 2.25. The maximum atomic E-state index is 10.4. The molecule has 0 spiro atoms. The van der Waals surface area contributed by atoms with Crippen molar-refractivity contribution in [2.24, 2.45) is 0 Å². The van der Waals surface area contributed by atoms with Crippen LogP contribution in [0.2, 0.25) is 0 Å². The van der Waals surface area contributed by atoms with Gasteiger partial charge >= 0.3 is 0 Å². The number of hydrogen-bond acceptors (Lipinski definition) is 1. The van der Waals surface area contributed by atoms with E-state index in [2.05, 4.69) is 57.2 Å². The fraction of sp³-hybridized carbons (Fsp3) is 0.294. The molecule has 0 aliphatic carbocycles. The Kier molecular flexibility index (Phi) is 3.83. The van der Waals surface area contributed by atoms with Crippen molar-refractivity contribution in [3.8, 4) is 0 Å². The highest BCUT2D eigenvalue weighted by atomic mass is 16.3. The molecule has 1 atom stereocenters. The molecule has 0 heterocycles. The lowest BCUT2D eigenvalue weighted by Gasteiger charge is -2.16. The molecule has 0 saturated heterocycles. The first kappa shape index (κ1) is 12.8. The molecule has 0 fully saturated rings. The molecule has 0 aromatic heterocycles. The zero-order valence-electron chi connectivity index (χ0n) is 11.3. The molecule has 2 aromatic carbocycles. The summed E-state index contributed by atoms with van der Waals surface area (Å²) in [6, 6.07) is 14.5. The Hall–Kier alpha value is -1.60. The normalized spacial score (nSPS) is 12.4. The lowest BCUT2D eigenvalue weighted by Crippen LogP contribution is -2.06. The van der Waals surface area contributed by atoms with Gasteiger partial charge < -0.3 is 5.11 Å². The van der Waals surface area contributed by atoms with E-state index in [-0.39, 0.29) is 0 Å². The number of aliphatic hydroxyl groups excluding tert-OH is 1. The summed E-state index contributed by atoms with van der Waals surface area (Å²) in [5, 5.41) is 10.4. The predicted octanol–water partition coefficient (Wildman–Crippen LogP) is 3.89. The summed E-state index contributed by atoms with van der Waals surface area (Å²) in [4.78, 5) is 0. The van der Waals surface area contributed by atoms with Gasteiger partial charge in [-0.15, -0.1) is 0 Å². The monoisotopic (exact) mass is 240 g/mol. The highest BCUT2D eigenvalue weighted by Gasteiger charge is 2.13. The number of benzene rings is 2. The smallest absolute Gasteiger partial charge is 0.0835 e. The molecular formula is C17H20O. The van der Waals surface area contributed by atoms with E-state index in [9.17, 15) is 5.11 Å². The van der Waals surface area contributed by atoms with Crippen molar-refractivity contribution in [3.05, 3.63) is 70.3 Å². The second kappa shape index (κ2) is 5.36. The molecule has 18 heavy (non-hydrogen) atoms. The van der Waals surface area contributed by atoms with Gasteiger partial charge in [-0.2, -0.15) is 0 Å². The Morgan fingerprint density at radius 3 is 2.00 bits per heavy atom. The summed E-state index contributed by atoms with van der Waals surface area (Å²) in [5.74, 6) is 0. The van der Waals surface area contributed by atoms with Crippen LogP contribution in [0.3, 0.4) is 0 Å². The summed E-state index contributed by atoms with van der Waals surface area (Å²) < 4.78 is 0. The number of aryl methyl sites for hydroxylation is 3. The number of aliphatic hydroxyl groups is 1. The molecule has 1 unspecified atom stereocenters. The van der Waals surface area contributed by atoms with E-state index in [0.717, 1.165) is 16.7 Å². The van der Waals surface area contributed by atoms with Gasteiger partial charge in [0.1, 0.15) is 0 Å². The van der Waals surface area contributed by atoms with Crippen LogP contribution in [0.4, 0.5) is 0 Å². The summed E-state index contributed by atoms with van der Waals surface area (Å²) in [7, 11) is 0. The molecule has 1 heteroatoms. The topological polar surface area (TPSA) is 20.2 Å². The average Bonchev–Trinajstić information content (AvgIpc) is 2.32. The molecule has 1 N–H and O–H groups in total. The van der Waals surface area contributed by atoms with Crippen LogP contribution in [0.5, 0.6) is 0 Å². The zero-order valence-corrected chi connectivity index (χ0v) is 11.3. The minimum atomic E-state index is -0.422. The lowest BCUT2D eigenvalue weighted by atomic mass is 9.94. The molecule has 0 saturated carbocycles. The number of rotatable bonds is 3. The molecule has 0 radical (unpaired) electrons. The first-order valence-corrected chi connectivity index (χ1v) is 6.37. The maximum absolute atomic E-state index is 10.4. The Morgan fingerprint density at radius 2 is 1.44 bits per heavy atom. The molecule has 0 aliphatic rings. The van der Waals surface area contributed by atoms with Gasteiger partial charge in [-0.25, -0.2) is 0 Å². The van der Waals surface area contributed by atoms with E-state index >= 15 is 0 Å². The average molecular weight is 240 g/mol. The van der Waals surface area contributed by atoms with Crippen LogP contribution in [0.15, 0.2) is 42.5 Å². The summed E-state index contributed by atoms with van der Waals surface area (Å²) in [6.45, 7) is 6.19. The van der Waals surface area contributed by atoms with Crippen LogP contribution in [-0.4, -0.2) is 5.11 Å². The van der Waals surface area contributed by atoms with Crippen LogP contribution in [0, 0.1) is 20.8 Å². The van der Waals surface area contributed by atoms with Crippen molar-refractivity contribution in [3.63, 3.8) is 0 Å². The molecular weight excluding hydrogens is 220 g/mol. The van der Waals surface area contributed by atoms with E-state index in [1.165, 1.54) is 11.1 Å². The third-order valence-electron chi connectivity index (χ3n) is 3.43. The van der Waals surface area contributed by atoms with Crippen molar-refractivity contribution in [2.45, 2.75) is 33.3 Å². The first-order valence-electron chi connectivity index (χ1n) is 6.37. The Morgan fingerprint density at radius 1 is 0.889 bits per heavy atom. The third-order valence-corrected chi connectivity index (χ3v) is 3.43. The van der Waals surface area contributed by atoms with Crippen molar-refractivity contribution in [1.29, 1.82) is 0 Å². The minimum Gasteiger partial charge on any atom is -0.388 e. The molecule has 2 aromatic rings. The molecule has 0 aliphatic heterocycles. The van der Waals surface area contributed by atoms with Gasteiger partial charge in [0, 0.05) is 6.42 Å². The van der Waals surface area contributed by atoms with Crippen LogP contribution < -0.4 is 0 Å². The molecule has 0 bridgehead atoms. The van der Waals surface area contributed by atoms with Crippen LogP contribution in [0.1, 0.15) is 33.9 Å². The zero-order chi connectivity index (χ0) is 13.1. The fourth-order valence-electron chi connectivity index (χ4n) is 2.40. The number of hydrogen-bond donors (Lipinski definition) is 1. The van der Waals surface area contributed by atoms with Gasteiger partial charge in [-0.05, 0) is 43.0 Å². The second-order valence-electron chi connectivity index (χ2n) is 5.01. The second-order valence-corrected chi connectivity index (χ2v) is 5.01. The fourth-order valence-corrected chi connectivity index (χ4v) is 2.40. The van der Waals surface area contributed by atoms with E-state index < -0.39 is 6.10 Å². The minimum absolute atomic E-state index is 0.422. The Bertz CT molecular complexity index is 506. The summed E-state index contributed by atoms with van der Waals surface area (Å²) in [5.41, 5.74) is 5.82. The largest absolute Gasteiger partial charge is 0.388 e. The third kappa shape index (κ3) is 2.80. The van der Waals surface area contributed by atoms with Crippen LogP contribution in [0.25, 0.3) is 0 Å². The molecule has 0 amide bonds. The van der Waals surface area contributed by atoms with Crippen molar-refractivity contribution >= 4 is 0 Å². The van der Waals surface area contributed by atoms with Crippen LogP contribution in [-0.2, 0) is 6.42 Å². The molecule has 1 nitrogen and oxygen atoms in total. The summed E-state index contributed by atoms with van der Waals surface area (Å²) >= 11 is 0. The van der Waals surface area contributed by atoms with E-state index in [4.69, 9.17) is 0 Å². The molecule has 2 rings (SSSR count). The molecule has 94 valence electrons. The SMILES string of the molecule is Cc1ccc(CC(O)c2c(C)cccc2C)cc1. The highest BCUT2D eigenvalue weighted by molar-refractivity contribution is 5.36. The van der Waals surface area contributed by atoms with Gasteiger partial charge in [-0.3, -0.25) is 0 Å². The van der Waals surface area contributed by atoms with Gasteiger partial charge in [0.25, 0.3) is 0 Å². The maximum Gasteiger partial charge on any atom is 0.0835 e. The van der Waals surface area contributed by atoms with Crippen molar-refractivity contribution in [1.82, 2.24) is 0 Å². The Labute approximate surface area is 109 Å². The quantitative estimate of drug-likeness (QED) is 0.863. The standard InChI is InChI=1S/C17H20O/c1-12-7-9-15(10-8-12)11-16(18)17-13(2)5-4-6-14(17)3/h4-10,16,18H,11H2,1-3H3. The summed E-state index contributed by atoms with van der Waals surface area (Å²) in [6.07, 6.45) is 0.250. The van der Waals surface area contributed by atoms with Gasteiger partial charge in [0.15, 0.2) is 0 Å². The van der Waals surface area contributed by atoms with Gasteiger partial charge in [0.2, 0.25) is 0 Å². The van der Waals surface area contributed by atoms with Gasteiger partial charge in [0.05, 0.1) is 6.10 Å². The first-order chi connectivity index (χ1) is 8.58. The Balaban J connectivity index is 2.22. The van der Waals surface area contributed by atoms with Crippen molar-refractivity contribution in [2.75, 3.05) is 0 Å². The predicted molar refractivity (Wildman–Crippen MR) is 75.8 cm³/mol. The van der Waals surface area contributed by atoms with Crippen molar-refractivity contribution < 1.29 is 5.11 Å². The van der Waals surface area contributed by atoms with Gasteiger partial charge in [-0.1, -0.05) is 48.0 Å². The van der Waals surface area contributed by atoms with E-state index in [1.54, 1.807) is 0 Å². The van der Waals surface area contributed by atoms with E-state index in [1.807, 2.05) is 6.07 Å². The van der Waals surface area contributed by atoms with Crippen LogP contribution >= 0.6 is 0 Å². The lowest BCUT2D eigenvalue weighted by molar-refractivity contribution is 0.177. The van der Waals surface area contributed by atoms with E-state index in [0.29, 0.717) is 6.42 Å².